The first-order chi connectivity index (χ1) is 13.3. The van der Waals surface area contributed by atoms with Gasteiger partial charge in [0.1, 0.15) is 11.3 Å². The summed E-state index contributed by atoms with van der Waals surface area (Å²) in [6, 6.07) is 4.47. The number of sulfone groups is 1. The maximum Gasteiger partial charge on any atom is 0.179 e. The van der Waals surface area contributed by atoms with E-state index in [2.05, 4.69) is 16.5 Å². The average Bonchev–Trinajstić information content (AvgIpc) is 2.98. The van der Waals surface area contributed by atoms with E-state index in [-0.39, 0.29) is 15.7 Å². The third-order valence-electron chi connectivity index (χ3n) is 4.69. The molecule has 0 saturated carbocycles. The van der Waals surface area contributed by atoms with Crippen molar-refractivity contribution in [3.63, 3.8) is 0 Å². The van der Waals surface area contributed by atoms with E-state index in [1.54, 1.807) is 12.3 Å². The van der Waals surface area contributed by atoms with E-state index >= 15 is 0 Å². The summed E-state index contributed by atoms with van der Waals surface area (Å²) in [6.45, 7) is 4.72. The minimum absolute atomic E-state index is 0.00533. The largest absolute Gasteiger partial charge is 0.328 e. The van der Waals surface area contributed by atoms with Crippen LogP contribution in [0.4, 0.5) is 0 Å². The van der Waals surface area contributed by atoms with Crippen LogP contribution in [0.2, 0.25) is 10.0 Å². The highest BCUT2D eigenvalue weighted by Gasteiger charge is 2.19. The lowest BCUT2D eigenvalue weighted by Gasteiger charge is -2.11. The van der Waals surface area contributed by atoms with Gasteiger partial charge in [0.25, 0.3) is 0 Å². The molecule has 28 heavy (non-hydrogen) atoms. The molecule has 0 spiro atoms. The number of fused-ring (bicyclic) bond motifs is 1. The van der Waals surface area contributed by atoms with Crippen LogP contribution < -0.4 is 0 Å². The van der Waals surface area contributed by atoms with Crippen molar-refractivity contribution in [2.75, 3.05) is 5.75 Å². The maximum atomic E-state index is 12.7. The topological polar surface area (TPSA) is 64.8 Å². The number of rotatable bonds is 8. The summed E-state index contributed by atoms with van der Waals surface area (Å²) in [7, 11) is -3.49. The van der Waals surface area contributed by atoms with E-state index in [0.29, 0.717) is 18.0 Å². The Bertz CT molecular complexity index is 1090. The van der Waals surface area contributed by atoms with Crippen LogP contribution in [-0.4, -0.2) is 28.7 Å². The monoisotopic (exact) mass is 439 g/mol. The standard InChI is InChI=1S/C20H23Cl2N3O2S/c1-3-4-6-19-24-17-13-23-12-14(2)20(17)25(19)9-5-10-28(26,27)18-8-7-15(21)11-16(18)22/h7-8,11-13H,3-6,9-10H2,1-2H3. The molecule has 2 heterocycles. The molecule has 0 aliphatic carbocycles. The second kappa shape index (κ2) is 8.80. The number of aromatic nitrogens is 3. The van der Waals surface area contributed by atoms with Crippen LogP contribution in [0.5, 0.6) is 0 Å². The van der Waals surface area contributed by atoms with Crippen LogP contribution in [-0.2, 0) is 22.8 Å². The number of imidazole rings is 1. The Morgan fingerprint density at radius 1 is 1.14 bits per heavy atom. The first-order valence-corrected chi connectivity index (χ1v) is 11.7. The van der Waals surface area contributed by atoms with E-state index in [0.717, 1.165) is 41.7 Å². The van der Waals surface area contributed by atoms with Gasteiger partial charge in [-0.25, -0.2) is 13.4 Å². The number of unbranched alkanes of at least 4 members (excludes halogenated alkanes) is 1. The number of aryl methyl sites for hydroxylation is 3. The zero-order valence-electron chi connectivity index (χ0n) is 16.0. The van der Waals surface area contributed by atoms with Crippen molar-refractivity contribution in [3.05, 3.63) is 52.0 Å². The summed E-state index contributed by atoms with van der Waals surface area (Å²) in [5, 5.41) is 0.574. The van der Waals surface area contributed by atoms with Crippen LogP contribution in [0, 0.1) is 6.92 Å². The van der Waals surface area contributed by atoms with Gasteiger partial charge in [0.15, 0.2) is 9.84 Å². The van der Waals surface area contributed by atoms with E-state index in [4.69, 9.17) is 28.2 Å². The predicted octanol–water partition coefficient (Wildman–Crippen LogP) is 5.25. The second-order valence-electron chi connectivity index (χ2n) is 6.85. The lowest BCUT2D eigenvalue weighted by atomic mass is 10.2. The first-order valence-electron chi connectivity index (χ1n) is 9.31. The van der Waals surface area contributed by atoms with E-state index < -0.39 is 9.84 Å². The number of pyridine rings is 1. The van der Waals surface area contributed by atoms with E-state index in [1.165, 1.54) is 12.1 Å². The summed E-state index contributed by atoms with van der Waals surface area (Å²) >= 11 is 12.0. The highest BCUT2D eigenvalue weighted by molar-refractivity contribution is 7.91. The van der Waals surface area contributed by atoms with Gasteiger partial charge >= 0.3 is 0 Å². The highest BCUT2D eigenvalue weighted by Crippen LogP contribution is 2.27. The van der Waals surface area contributed by atoms with Crippen LogP contribution in [0.15, 0.2) is 35.5 Å². The molecular weight excluding hydrogens is 417 g/mol. The van der Waals surface area contributed by atoms with E-state index in [1.807, 2.05) is 13.1 Å². The zero-order valence-corrected chi connectivity index (χ0v) is 18.3. The lowest BCUT2D eigenvalue weighted by molar-refractivity contribution is 0.583. The molecule has 8 heteroatoms. The molecule has 0 atom stereocenters. The fraction of sp³-hybridized carbons (Fsp3) is 0.400. The molecule has 5 nitrogen and oxygen atoms in total. The molecule has 3 aromatic rings. The Labute approximate surface area is 175 Å². The minimum Gasteiger partial charge on any atom is -0.328 e. The summed E-state index contributed by atoms with van der Waals surface area (Å²) < 4.78 is 27.6. The zero-order chi connectivity index (χ0) is 20.3. The molecular formula is C20H23Cl2N3O2S. The first kappa shape index (κ1) is 21.1. The van der Waals surface area contributed by atoms with Gasteiger partial charge in [-0.2, -0.15) is 0 Å². The molecule has 1 aromatic carbocycles. The molecule has 0 aliphatic heterocycles. The number of hydrogen-bond acceptors (Lipinski definition) is 4. The Morgan fingerprint density at radius 2 is 1.93 bits per heavy atom. The molecule has 0 radical (unpaired) electrons. The van der Waals surface area contributed by atoms with Crippen LogP contribution in [0.3, 0.4) is 0 Å². The maximum absolute atomic E-state index is 12.7. The van der Waals surface area contributed by atoms with Crippen molar-refractivity contribution < 1.29 is 8.42 Å². The summed E-state index contributed by atoms with van der Waals surface area (Å²) in [6.07, 6.45) is 7.01. The normalized spacial score (nSPS) is 12.0. The van der Waals surface area contributed by atoms with Gasteiger partial charge in [0, 0.05) is 24.2 Å². The van der Waals surface area contributed by atoms with Crippen LogP contribution >= 0.6 is 23.2 Å². The summed E-state index contributed by atoms with van der Waals surface area (Å²) in [4.78, 5) is 9.07. The molecule has 2 aromatic heterocycles. The highest BCUT2D eigenvalue weighted by atomic mass is 35.5. The SMILES string of the molecule is CCCCc1nc2cncc(C)c2n1CCCS(=O)(=O)c1ccc(Cl)cc1Cl. The molecule has 150 valence electrons. The Morgan fingerprint density at radius 3 is 2.64 bits per heavy atom. The van der Waals surface area contributed by atoms with E-state index in [9.17, 15) is 8.42 Å². The van der Waals surface area contributed by atoms with Crippen molar-refractivity contribution in [1.82, 2.24) is 14.5 Å². The third-order valence-corrected chi connectivity index (χ3v) is 7.20. The molecule has 0 N–H and O–H groups in total. The van der Waals surface area contributed by atoms with Gasteiger partial charge in [0.05, 0.1) is 27.4 Å². The van der Waals surface area contributed by atoms with Gasteiger partial charge in [0.2, 0.25) is 0 Å². The van der Waals surface area contributed by atoms with Crippen molar-refractivity contribution in [2.45, 2.75) is 51.0 Å². The quantitative estimate of drug-likeness (QED) is 0.480. The predicted molar refractivity (Wildman–Crippen MR) is 114 cm³/mol. The van der Waals surface area contributed by atoms with Crippen molar-refractivity contribution in [2.24, 2.45) is 0 Å². The molecule has 3 rings (SSSR count). The Balaban J connectivity index is 1.83. The van der Waals surface area contributed by atoms with Crippen LogP contribution in [0.25, 0.3) is 11.0 Å². The fourth-order valence-electron chi connectivity index (χ4n) is 3.32. The van der Waals surface area contributed by atoms with Gasteiger partial charge in [-0.15, -0.1) is 0 Å². The van der Waals surface area contributed by atoms with Gasteiger partial charge in [-0.3, -0.25) is 4.98 Å². The molecule has 0 aliphatic rings. The number of hydrogen-bond donors (Lipinski definition) is 0. The summed E-state index contributed by atoms with van der Waals surface area (Å²) in [5.41, 5.74) is 2.93. The number of halogens is 2. The lowest BCUT2D eigenvalue weighted by Crippen LogP contribution is -2.12. The Hall–Kier alpha value is -1.63. The van der Waals surface area contributed by atoms with Gasteiger partial charge in [-0.05, 0) is 43.5 Å². The third kappa shape index (κ3) is 4.50. The molecule has 0 saturated heterocycles. The molecule has 0 fully saturated rings. The van der Waals surface area contributed by atoms with Gasteiger partial charge < -0.3 is 4.57 Å². The number of benzene rings is 1. The Kier molecular flexibility index (Phi) is 6.63. The van der Waals surface area contributed by atoms with Crippen molar-refractivity contribution in [1.29, 1.82) is 0 Å². The van der Waals surface area contributed by atoms with Crippen LogP contribution in [0.1, 0.15) is 37.6 Å². The average molecular weight is 440 g/mol. The number of nitrogens with zero attached hydrogens (tertiary/aromatic N) is 3. The second-order valence-corrected chi connectivity index (χ2v) is 9.78. The van der Waals surface area contributed by atoms with Crippen molar-refractivity contribution in [3.8, 4) is 0 Å². The molecule has 0 bridgehead atoms. The van der Waals surface area contributed by atoms with Crippen molar-refractivity contribution >= 4 is 44.1 Å². The van der Waals surface area contributed by atoms with Gasteiger partial charge in [-0.1, -0.05) is 36.5 Å². The fourth-order valence-corrected chi connectivity index (χ4v) is 5.44. The smallest absolute Gasteiger partial charge is 0.179 e. The minimum atomic E-state index is -3.49. The molecule has 0 amide bonds. The summed E-state index contributed by atoms with van der Waals surface area (Å²) in [5.74, 6) is 0.987. The molecule has 0 unspecified atom stereocenters.